The second-order valence-corrected chi connectivity index (χ2v) is 4.65. The van der Waals surface area contributed by atoms with Crippen molar-refractivity contribution < 1.29 is 0 Å². The molecule has 2 nitrogen and oxygen atoms in total. The summed E-state index contributed by atoms with van der Waals surface area (Å²) in [6.07, 6.45) is 0. The first kappa shape index (κ1) is 10.2. The Balaban J connectivity index is 2.43. The number of aryl methyl sites for hydroxylation is 1. The smallest absolute Gasteiger partial charge is 0.125 e. The number of aromatic nitrogens is 1. The minimum absolute atomic E-state index is 1.09. The molecule has 0 radical (unpaired) electrons. The van der Waals surface area contributed by atoms with Gasteiger partial charge in [0.05, 0.1) is 5.69 Å². The molecule has 0 aliphatic carbocycles. The van der Waals surface area contributed by atoms with Crippen LogP contribution in [0.3, 0.4) is 0 Å². The second kappa shape index (κ2) is 4.03. The maximum absolute atomic E-state index is 4.58. The lowest BCUT2D eigenvalue weighted by Crippen LogP contribution is -2.07. The lowest BCUT2D eigenvalue weighted by molar-refractivity contribution is 1.12. The Labute approximate surface area is 94.2 Å². The Morgan fingerprint density at radius 3 is 2.33 bits per heavy atom. The predicted molar refractivity (Wildman–Crippen MR) is 66.6 cm³/mol. The molecule has 3 heteroatoms. The Kier molecular flexibility index (Phi) is 2.73. The van der Waals surface area contributed by atoms with Crippen LogP contribution in [-0.2, 0) is 0 Å². The molecule has 0 N–H and O–H groups in total. The van der Waals surface area contributed by atoms with Crippen molar-refractivity contribution in [2.24, 2.45) is 0 Å². The van der Waals surface area contributed by atoms with Gasteiger partial charge in [-0.15, -0.1) is 0 Å². The molecule has 78 valence electrons. The van der Waals surface area contributed by atoms with Gasteiger partial charge in [-0.2, -0.15) is 0 Å². The number of benzene rings is 1. The van der Waals surface area contributed by atoms with Crippen LogP contribution < -0.4 is 4.90 Å². The first-order valence-electron chi connectivity index (χ1n) is 4.88. The van der Waals surface area contributed by atoms with Crippen LogP contribution in [0.4, 0.5) is 5.00 Å². The van der Waals surface area contributed by atoms with E-state index in [1.807, 2.05) is 18.2 Å². The molecule has 0 fully saturated rings. The van der Waals surface area contributed by atoms with E-state index in [1.165, 1.54) is 10.6 Å². The topological polar surface area (TPSA) is 16.1 Å². The van der Waals surface area contributed by atoms with Crippen molar-refractivity contribution in [2.45, 2.75) is 6.92 Å². The fourth-order valence-corrected chi connectivity index (χ4v) is 2.50. The Morgan fingerprint density at radius 1 is 1.13 bits per heavy atom. The molecule has 0 aliphatic heterocycles. The van der Waals surface area contributed by atoms with E-state index in [2.05, 4.69) is 43.0 Å². The van der Waals surface area contributed by atoms with Crippen molar-refractivity contribution in [1.29, 1.82) is 0 Å². The van der Waals surface area contributed by atoms with Crippen LogP contribution in [0.5, 0.6) is 0 Å². The van der Waals surface area contributed by atoms with Crippen molar-refractivity contribution >= 4 is 16.3 Å². The molecule has 0 saturated heterocycles. The molecule has 0 spiro atoms. The first-order valence-corrected chi connectivity index (χ1v) is 5.70. The quantitative estimate of drug-likeness (QED) is 0.769. The van der Waals surface area contributed by atoms with Crippen molar-refractivity contribution in [3.8, 4) is 10.6 Å². The fraction of sp³-hybridized carbons (Fsp3) is 0.250. The molecule has 1 heterocycles. The molecule has 1 aromatic carbocycles. The molecule has 0 aliphatic rings. The predicted octanol–water partition coefficient (Wildman–Crippen LogP) is 3.18. The van der Waals surface area contributed by atoms with Gasteiger partial charge in [0.2, 0.25) is 0 Å². The highest BCUT2D eigenvalue weighted by Crippen LogP contribution is 2.32. The zero-order valence-corrected chi connectivity index (χ0v) is 10.0. The van der Waals surface area contributed by atoms with Gasteiger partial charge in [-0.25, -0.2) is 4.98 Å². The molecule has 1 aromatic heterocycles. The van der Waals surface area contributed by atoms with Gasteiger partial charge in [-0.05, 0) is 6.92 Å². The summed E-state index contributed by atoms with van der Waals surface area (Å²) in [7, 11) is 4.10. The summed E-state index contributed by atoms with van der Waals surface area (Å²) in [5.41, 5.74) is 2.29. The summed E-state index contributed by atoms with van der Waals surface area (Å²) >= 11 is 1.74. The standard InChI is InChI=1S/C12H14N2S/c1-9-12(14(2)3)15-11(13-9)10-7-5-4-6-8-10/h4-8H,1-3H3. The molecule has 15 heavy (non-hydrogen) atoms. The summed E-state index contributed by atoms with van der Waals surface area (Å²) in [4.78, 5) is 6.69. The molecular formula is C12H14N2S. The minimum Gasteiger partial charge on any atom is -0.368 e. The van der Waals surface area contributed by atoms with E-state index >= 15 is 0 Å². The maximum atomic E-state index is 4.58. The fourth-order valence-electron chi connectivity index (χ4n) is 1.51. The van der Waals surface area contributed by atoms with Crippen molar-refractivity contribution in [3.05, 3.63) is 36.0 Å². The van der Waals surface area contributed by atoms with Gasteiger partial charge >= 0.3 is 0 Å². The van der Waals surface area contributed by atoms with Gasteiger partial charge in [-0.1, -0.05) is 41.7 Å². The highest BCUT2D eigenvalue weighted by atomic mass is 32.1. The highest BCUT2D eigenvalue weighted by Gasteiger charge is 2.09. The van der Waals surface area contributed by atoms with E-state index in [-0.39, 0.29) is 0 Å². The van der Waals surface area contributed by atoms with E-state index in [0.717, 1.165) is 10.7 Å². The zero-order chi connectivity index (χ0) is 10.8. The molecule has 0 atom stereocenters. The van der Waals surface area contributed by atoms with E-state index in [1.54, 1.807) is 11.3 Å². The van der Waals surface area contributed by atoms with Crippen molar-refractivity contribution in [1.82, 2.24) is 4.98 Å². The lowest BCUT2D eigenvalue weighted by atomic mass is 10.2. The maximum Gasteiger partial charge on any atom is 0.125 e. The third kappa shape index (κ3) is 2.02. The van der Waals surface area contributed by atoms with Crippen LogP contribution in [0.15, 0.2) is 30.3 Å². The molecule has 0 saturated carbocycles. The third-order valence-electron chi connectivity index (χ3n) is 2.20. The van der Waals surface area contributed by atoms with Crippen LogP contribution in [0.1, 0.15) is 5.69 Å². The number of nitrogens with zero attached hydrogens (tertiary/aromatic N) is 2. The van der Waals surface area contributed by atoms with E-state index in [4.69, 9.17) is 0 Å². The molecule has 0 bridgehead atoms. The lowest BCUT2D eigenvalue weighted by Gasteiger charge is -2.08. The molecule has 2 rings (SSSR count). The Bertz CT molecular complexity index is 446. The number of anilines is 1. The second-order valence-electron chi connectivity index (χ2n) is 3.67. The Hall–Kier alpha value is -1.35. The van der Waals surface area contributed by atoms with Gasteiger partial charge in [0.1, 0.15) is 10.0 Å². The SMILES string of the molecule is Cc1nc(-c2ccccc2)sc1N(C)C. The van der Waals surface area contributed by atoms with E-state index in [0.29, 0.717) is 0 Å². The largest absolute Gasteiger partial charge is 0.368 e. The van der Waals surface area contributed by atoms with Crippen LogP contribution in [0, 0.1) is 6.92 Å². The molecule has 0 amide bonds. The van der Waals surface area contributed by atoms with E-state index in [9.17, 15) is 0 Å². The molecule has 2 aromatic rings. The third-order valence-corrected chi connectivity index (χ3v) is 3.57. The average molecular weight is 218 g/mol. The van der Waals surface area contributed by atoms with Gasteiger partial charge < -0.3 is 4.90 Å². The zero-order valence-electron chi connectivity index (χ0n) is 9.19. The normalized spacial score (nSPS) is 10.3. The highest BCUT2D eigenvalue weighted by molar-refractivity contribution is 7.19. The molecular weight excluding hydrogens is 204 g/mol. The van der Waals surface area contributed by atoms with Gasteiger partial charge in [-0.3, -0.25) is 0 Å². The summed E-state index contributed by atoms with van der Waals surface area (Å²) in [6, 6.07) is 10.3. The minimum atomic E-state index is 1.09. The summed E-state index contributed by atoms with van der Waals surface area (Å²) in [5.74, 6) is 0. The summed E-state index contributed by atoms with van der Waals surface area (Å²) < 4.78 is 0. The molecule has 0 unspecified atom stereocenters. The van der Waals surface area contributed by atoms with Crippen LogP contribution in [-0.4, -0.2) is 19.1 Å². The first-order chi connectivity index (χ1) is 7.18. The van der Waals surface area contributed by atoms with Gasteiger partial charge in [0.15, 0.2) is 0 Å². The van der Waals surface area contributed by atoms with Crippen LogP contribution >= 0.6 is 11.3 Å². The monoisotopic (exact) mass is 218 g/mol. The number of hydrogen-bond acceptors (Lipinski definition) is 3. The summed E-state index contributed by atoms with van der Waals surface area (Å²) in [5, 5.41) is 2.32. The van der Waals surface area contributed by atoms with Gasteiger partial charge in [0.25, 0.3) is 0 Å². The van der Waals surface area contributed by atoms with Crippen LogP contribution in [0.2, 0.25) is 0 Å². The number of thiazole rings is 1. The average Bonchev–Trinajstić information content (AvgIpc) is 2.62. The van der Waals surface area contributed by atoms with Crippen molar-refractivity contribution in [3.63, 3.8) is 0 Å². The van der Waals surface area contributed by atoms with E-state index < -0.39 is 0 Å². The Morgan fingerprint density at radius 2 is 1.80 bits per heavy atom. The van der Waals surface area contributed by atoms with Crippen molar-refractivity contribution in [2.75, 3.05) is 19.0 Å². The number of hydrogen-bond donors (Lipinski definition) is 0. The summed E-state index contributed by atoms with van der Waals surface area (Å²) in [6.45, 7) is 2.05. The van der Waals surface area contributed by atoms with Crippen LogP contribution in [0.25, 0.3) is 10.6 Å². The van der Waals surface area contributed by atoms with Gasteiger partial charge in [0, 0.05) is 19.7 Å². The number of rotatable bonds is 2.